The molecule has 2 rings (SSSR count). The van der Waals surface area contributed by atoms with Crippen LogP contribution in [0.2, 0.25) is 0 Å². The van der Waals surface area contributed by atoms with Crippen molar-refractivity contribution in [2.45, 2.75) is 20.0 Å². The van der Waals surface area contributed by atoms with Gasteiger partial charge in [0.1, 0.15) is 23.6 Å². The summed E-state index contributed by atoms with van der Waals surface area (Å²) in [5, 5.41) is 11.4. The SMILES string of the molecule is Cc1oc(CNC(=O)Cn2ccc(=O)n(C)c2=O)cc1C(=O)O. The van der Waals surface area contributed by atoms with Gasteiger partial charge in [0.25, 0.3) is 5.56 Å². The van der Waals surface area contributed by atoms with Crippen LogP contribution in [0.5, 0.6) is 0 Å². The summed E-state index contributed by atoms with van der Waals surface area (Å²) in [7, 11) is 1.32. The van der Waals surface area contributed by atoms with Gasteiger partial charge in [0.2, 0.25) is 5.91 Å². The Morgan fingerprint density at radius 3 is 2.65 bits per heavy atom. The molecular formula is C14H15N3O6. The molecule has 0 saturated heterocycles. The van der Waals surface area contributed by atoms with E-state index in [2.05, 4.69) is 5.32 Å². The number of aryl methyl sites for hydroxylation is 1. The van der Waals surface area contributed by atoms with Gasteiger partial charge in [0, 0.05) is 19.3 Å². The number of aromatic nitrogens is 2. The fraction of sp³-hybridized carbons (Fsp3) is 0.286. The van der Waals surface area contributed by atoms with Crippen molar-refractivity contribution in [3.8, 4) is 0 Å². The predicted octanol–water partition coefficient (Wildman–Crippen LogP) is -0.537. The minimum atomic E-state index is -1.11. The summed E-state index contributed by atoms with van der Waals surface area (Å²) in [6.07, 6.45) is 1.24. The van der Waals surface area contributed by atoms with Gasteiger partial charge in [-0.25, -0.2) is 9.59 Å². The van der Waals surface area contributed by atoms with Crippen molar-refractivity contribution >= 4 is 11.9 Å². The smallest absolute Gasteiger partial charge is 0.339 e. The number of amides is 1. The molecule has 9 nitrogen and oxygen atoms in total. The third-order valence-electron chi connectivity index (χ3n) is 3.23. The van der Waals surface area contributed by atoms with Crippen LogP contribution in [0.4, 0.5) is 0 Å². The molecule has 0 unspecified atom stereocenters. The van der Waals surface area contributed by atoms with Crippen molar-refractivity contribution in [3.05, 3.63) is 56.3 Å². The third kappa shape index (κ3) is 3.57. The molecule has 9 heteroatoms. The summed E-state index contributed by atoms with van der Waals surface area (Å²) >= 11 is 0. The molecule has 0 radical (unpaired) electrons. The van der Waals surface area contributed by atoms with Crippen molar-refractivity contribution in [2.75, 3.05) is 0 Å². The summed E-state index contributed by atoms with van der Waals surface area (Å²) in [5.74, 6) is -1.05. The molecule has 0 bridgehead atoms. The highest BCUT2D eigenvalue weighted by Gasteiger charge is 2.14. The predicted molar refractivity (Wildman–Crippen MR) is 78.2 cm³/mol. The molecule has 0 aromatic carbocycles. The molecule has 0 fully saturated rings. The highest BCUT2D eigenvalue weighted by molar-refractivity contribution is 5.88. The number of carbonyl (C=O) groups is 2. The van der Waals surface area contributed by atoms with Gasteiger partial charge in [0.15, 0.2) is 0 Å². The van der Waals surface area contributed by atoms with Gasteiger partial charge in [0.05, 0.1) is 6.54 Å². The first-order chi connectivity index (χ1) is 10.8. The summed E-state index contributed by atoms with van der Waals surface area (Å²) < 4.78 is 7.21. The molecule has 122 valence electrons. The molecule has 2 aromatic heterocycles. The van der Waals surface area contributed by atoms with Crippen LogP contribution in [0.15, 0.2) is 32.3 Å². The van der Waals surface area contributed by atoms with Crippen molar-refractivity contribution in [2.24, 2.45) is 7.05 Å². The fourth-order valence-corrected chi connectivity index (χ4v) is 1.98. The molecule has 2 heterocycles. The van der Waals surface area contributed by atoms with Crippen molar-refractivity contribution in [1.29, 1.82) is 0 Å². The number of hydrogen-bond donors (Lipinski definition) is 2. The standard InChI is InChI=1S/C14H15N3O6/c1-8-10(13(20)21)5-9(23-8)6-15-11(18)7-17-4-3-12(19)16(2)14(17)22/h3-5H,6-7H2,1-2H3,(H,15,18)(H,20,21). The Morgan fingerprint density at radius 2 is 2.04 bits per heavy atom. The van der Waals surface area contributed by atoms with Gasteiger partial charge >= 0.3 is 11.7 Å². The lowest BCUT2D eigenvalue weighted by atomic mass is 10.2. The van der Waals surface area contributed by atoms with Crippen molar-refractivity contribution in [1.82, 2.24) is 14.5 Å². The molecular weight excluding hydrogens is 306 g/mol. The average Bonchev–Trinajstić information content (AvgIpc) is 2.87. The zero-order valence-electron chi connectivity index (χ0n) is 12.5. The van der Waals surface area contributed by atoms with Gasteiger partial charge in [-0.2, -0.15) is 0 Å². The molecule has 0 saturated carbocycles. The molecule has 2 aromatic rings. The number of rotatable bonds is 5. The zero-order chi connectivity index (χ0) is 17.1. The highest BCUT2D eigenvalue weighted by atomic mass is 16.4. The van der Waals surface area contributed by atoms with E-state index in [4.69, 9.17) is 9.52 Å². The van der Waals surface area contributed by atoms with E-state index in [1.54, 1.807) is 0 Å². The topological polar surface area (TPSA) is 124 Å². The molecule has 0 spiro atoms. The number of nitrogens with zero attached hydrogens (tertiary/aromatic N) is 2. The monoisotopic (exact) mass is 321 g/mol. The van der Waals surface area contributed by atoms with E-state index in [9.17, 15) is 19.2 Å². The van der Waals surface area contributed by atoms with Crippen LogP contribution in [0.1, 0.15) is 21.9 Å². The van der Waals surface area contributed by atoms with Crippen LogP contribution in [-0.2, 0) is 24.9 Å². The van der Waals surface area contributed by atoms with Gasteiger partial charge in [-0.1, -0.05) is 0 Å². The van der Waals surface area contributed by atoms with Crippen molar-refractivity contribution in [3.63, 3.8) is 0 Å². The maximum Gasteiger partial charge on any atom is 0.339 e. The lowest BCUT2D eigenvalue weighted by molar-refractivity contribution is -0.122. The highest BCUT2D eigenvalue weighted by Crippen LogP contribution is 2.14. The van der Waals surface area contributed by atoms with E-state index in [-0.39, 0.29) is 24.4 Å². The number of furan rings is 1. The number of nitrogens with one attached hydrogen (secondary N) is 1. The van der Waals surface area contributed by atoms with E-state index in [1.807, 2.05) is 0 Å². The second-order valence-corrected chi connectivity index (χ2v) is 4.89. The molecule has 0 atom stereocenters. The van der Waals surface area contributed by atoms with Crippen LogP contribution in [0.25, 0.3) is 0 Å². The van der Waals surface area contributed by atoms with Crippen LogP contribution >= 0.6 is 0 Å². The summed E-state index contributed by atoms with van der Waals surface area (Å²) in [5.41, 5.74) is -1.03. The largest absolute Gasteiger partial charge is 0.478 e. The quantitative estimate of drug-likeness (QED) is 0.762. The van der Waals surface area contributed by atoms with E-state index < -0.39 is 23.1 Å². The number of hydrogen-bond acceptors (Lipinski definition) is 5. The van der Waals surface area contributed by atoms with Crippen LogP contribution < -0.4 is 16.6 Å². The number of carboxylic acids is 1. The van der Waals surface area contributed by atoms with Crippen LogP contribution in [0, 0.1) is 6.92 Å². The van der Waals surface area contributed by atoms with Crippen LogP contribution in [-0.4, -0.2) is 26.1 Å². The second-order valence-electron chi connectivity index (χ2n) is 4.89. The Bertz CT molecular complexity index is 873. The zero-order valence-corrected chi connectivity index (χ0v) is 12.5. The Kier molecular flexibility index (Phi) is 4.49. The molecule has 0 aliphatic rings. The number of carboxylic acid groups (broad SMARTS) is 1. The van der Waals surface area contributed by atoms with Gasteiger partial charge in [-0.05, 0) is 13.0 Å². The first kappa shape index (κ1) is 16.3. The number of aromatic carboxylic acids is 1. The van der Waals surface area contributed by atoms with Gasteiger partial charge in [-0.3, -0.25) is 18.7 Å². The molecule has 23 heavy (non-hydrogen) atoms. The van der Waals surface area contributed by atoms with Crippen LogP contribution in [0.3, 0.4) is 0 Å². The first-order valence-corrected chi connectivity index (χ1v) is 6.65. The van der Waals surface area contributed by atoms with E-state index in [1.165, 1.54) is 32.3 Å². The number of carbonyl (C=O) groups excluding carboxylic acids is 1. The molecule has 0 aliphatic carbocycles. The summed E-state index contributed by atoms with van der Waals surface area (Å²) in [4.78, 5) is 45.8. The summed E-state index contributed by atoms with van der Waals surface area (Å²) in [6.45, 7) is 1.24. The fourth-order valence-electron chi connectivity index (χ4n) is 1.98. The second kappa shape index (κ2) is 6.34. The minimum absolute atomic E-state index is 0.00648. The van der Waals surface area contributed by atoms with E-state index >= 15 is 0 Å². The lowest BCUT2D eigenvalue weighted by Crippen LogP contribution is -2.40. The maximum absolute atomic E-state index is 11.8. The Morgan fingerprint density at radius 1 is 1.35 bits per heavy atom. The third-order valence-corrected chi connectivity index (χ3v) is 3.23. The molecule has 2 N–H and O–H groups in total. The lowest BCUT2D eigenvalue weighted by Gasteiger charge is -2.07. The first-order valence-electron chi connectivity index (χ1n) is 6.65. The molecule has 0 aliphatic heterocycles. The van der Waals surface area contributed by atoms with E-state index in [0.717, 1.165) is 9.13 Å². The minimum Gasteiger partial charge on any atom is -0.478 e. The van der Waals surface area contributed by atoms with Gasteiger partial charge < -0.3 is 14.8 Å². The Balaban J connectivity index is 2.02. The average molecular weight is 321 g/mol. The maximum atomic E-state index is 11.8. The van der Waals surface area contributed by atoms with Gasteiger partial charge in [-0.15, -0.1) is 0 Å². The normalized spacial score (nSPS) is 10.5. The Labute approximate surface area is 129 Å². The summed E-state index contributed by atoms with van der Waals surface area (Å²) in [6, 6.07) is 2.51. The molecule has 1 amide bonds. The van der Waals surface area contributed by atoms with E-state index in [0.29, 0.717) is 5.76 Å². The Hall–Kier alpha value is -3.10. The van der Waals surface area contributed by atoms with Crippen molar-refractivity contribution < 1.29 is 19.1 Å².